The number of hydrogen-bond donors (Lipinski definition) is 1. The fourth-order valence-electron chi connectivity index (χ4n) is 2.77. The van der Waals surface area contributed by atoms with Crippen LogP contribution in [0.2, 0.25) is 0 Å². The van der Waals surface area contributed by atoms with Crippen LogP contribution in [-0.4, -0.2) is 31.3 Å². The monoisotopic (exact) mass is 403 g/mol. The molecule has 2 aromatic rings. The smallest absolute Gasteiger partial charge is 0.435 e. The van der Waals surface area contributed by atoms with Gasteiger partial charge in [-0.05, 0) is 38.0 Å². The van der Waals surface area contributed by atoms with Crippen LogP contribution < -0.4 is 9.46 Å². The lowest BCUT2D eigenvalue weighted by Crippen LogP contribution is -2.28. The maximum absolute atomic E-state index is 12.9. The third-order valence-electron chi connectivity index (χ3n) is 4.15. The molecule has 0 spiro atoms. The Morgan fingerprint density at radius 2 is 2.00 bits per heavy atom. The van der Waals surface area contributed by atoms with Gasteiger partial charge in [0.1, 0.15) is 10.6 Å². The van der Waals surface area contributed by atoms with Gasteiger partial charge in [0.2, 0.25) is 10.0 Å². The van der Waals surface area contributed by atoms with E-state index in [4.69, 9.17) is 4.74 Å². The molecular formula is C17H20F3N3O3S. The van der Waals surface area contributed by atoms with Crippen LogP contribution in [0, 0.1) is 0 Å². The standard InChI is InChI=1S/C17H20F3N3O3S/c1-2-26-14-5-3-4-6-15(14)27(24,25)21-9-10-23-13(12-7-8-12)11-16(22-23)17(18,19)20/h3-6,11-12,21H,2,7-10H2,1H3. The van der Waals surface area contributed by atoms with Crippen molar-refractivity contribution >= 4 is 10.0 Å². The Bertz CT molecular complexity index is 906. The number of hydrogen-bond acceptors (Lipinski definition) is 4. The highest BCUT2D eigenvalue weighted by molar-refractivity contribution is 7.89. The summed E-state index contributed by atoms with van der Waals surface area (Å²) in [5.41, 5.74) is -0.454. The Morgan fingerprint density at radius 3 is 2.63 bits per heavy atom. The maximum atomic E-state index is 12.9. The van der Waals surface area contributed by atoms with Gasteiger partial charge in [0, 0.05) is 18.2 Å². The molecule has 6 nitrogen and oxygen atoms in total. The van der Waals surface area contributed by atoms with Crippen molar-refractivity contribution in [1.82, 2.24) is 14.5 Å². The van der Waals surface area contributed by atoms with E-state index < -0.39 is 21.9 Å². The van der Waals surface area contributed by atoms with Gasteiger partial charge in [0.15, 0.2) is 5.69 Å². The lowest BCUT2D eigenvalue weighted by atomic mass is 10.2. The van der Waals surface area contributed by atoms with Crippen molar-refractivity contribution in [1.29, 1.82) is 0 Å². The lowest BCUT2D eigenvalue weighted by molar-refractivity contribution is -0.141. The van der Waals surface area contributed by atoms with E-state index in [9.17, 15) is 21.6 Å². The zero-order valence-electron chi connectivity index (χ0n) is 14.7. The van der Waals surface area contributed by atoms with Crippen LogP contribution in [0.3, 0.4) is 0 Å². The van der Waals surface area contributed by atoms with Crippen LogP contribution in [0.5, 0.6) is 5.75 Å². The van der Waals surface area contributed by atoms with E-state index in [1.54, 1.807) is 25.1 Å². The number of alkyl halides is 3. The molecule has 1 fully saturated rings. The molecule has 1 N–H and O–H groups in total. The van der Waals surface area contributed by atoms with Crippen LogP contribution >= 0.6 is 0 Å². The predicted octanol–water partition coefficient (Wildman–Crippen LogP) is 3.16. The van der Waals surface area contributed by atoms with Gasteiger partial charge in [-0.1, -0.05) is 12.1 Å². The van der Waals surface area contributed by atoms with E-state index in [-0.39, 0.29) is 29.7 Å². The molecule has 1 aromatic heterocycles. The number of aromatic nitrogens is 2. The second kappa shape index (κ2) is 7.51. The molecule has 0 radical (unpaired) electrons. The van der Waals surface area contributed by atoms with Gasteiger partial charge in [0.25, 0.3) is 0 Å². The van der Waals surface area contributed by atoms with Crippen LogP contribution in [-0.2, 0) is 22.7 Å². The molecule has 0 amide bonds. The van der Waals surface area contributed by atoms with Crippen molar-refractivity contribution < 1.29 is 26.3 Å². The zero-order chi connectivity index (χ0) is 19.7. The van der Waals surface area contributed by atoms with Crippen molar-refractivity contribution in [2.45, 2.75) is 43.3 Å². The molecule has 1 aliphatic carbocycles. The highest BCUT2D eigenvalue weighted by Crippen LogP contribution is 2.42. The average molecular weight is 403 g/mol. The molecule has 1 aliphatic rings. The van der Waals surface area contributed by atoms with Crippen LogP contribution in [0.15, 0.2) is 35.2 Å². The summed E-state index contributed by atoms with van der Waals surface area (Å²) < 4.78 is 72.7. The summed E-state index contributed by atoms with van der Waals surface area (Å²) in [6.45, 7) is 1.98. The van der Waals surface area contributed by atoms with Crippen LogP contribution in [0.4, 0.5) is 13.2 Å². The molecule has 0 bridgehead atoms. The largest absolute Gasteiger partial charge is 0.492 e. The van der Waals surface area contributed by atoms with Gasteiger partial charge in [-0.15, -0.1) is 0 Å². The maximum Gasteiger partial charge on any atom is 0.435 e. The summed E-state index contributed by atoms with van der Waals surface area (Å²) in [6, 6.07) is 7.25. The topological polar surface area (TPSA) is 73.2 Å². The van der Waals surface area contributed by atoms with Gasteiger partial charge in [-0.2, -0.15) is 18.3 Å². The van der Waals surface area contributed by atoms with Crippen LogP contribution in [0.25, 0.3) is 0 Å². The van der Waals surface area contributed by atoms with E-state index >= 15 is 0 Å². The molecule has 0 aliphatic heterocycles. The van der Waals surface area contributed by atoms with Gasteiger partial charge < -0.3 is 4.74 Å². The number of halogens is 3. The third-order valence-corrected chi connectivity index (χ3v) is 5.65. The van der Waals surface area contributed by atoms with Gasteiger partial charge in [-0.3, -0.25) is 4.68 Å². The van der Waals surface area contributed by atoms with Gasteiger partial charge in [0.05, 0.1) is 13.2 Å². The molecule has 0 saturated heterocycles. The quantitative estimate of drug-likeness (QED) is 0.735. The average Bonchev–Trinajstić information content (AvgIpc) is 3.34. The van der Waals surface area contributed by atoms with E-state index in [1.807, 2.05) is 0 Å². The first-order chi connectivity index (χ1) is 12.7. The second-order valence-electron chi connectivity index (χ2n) is 6.23. The fraction of sp³-hybridized carbons (Fsp3) is 0.471. The molecule has 0 atom stereocenters. The van der Waals surface area contributed by atoms with Gasteiger partial charge >= 0.3 is 6.18 Å². The molecule has 27 heavy (non-hydrogen) atoms. The summed E-state index contributed by atoms with van der Waals surface area (Å²) in [6.07, 6.45) is -2.89. The number of para-hydroxylation sites is 1. The normalized spacial score (nSPS) is 15.1. The van der Waals surface area contributed by atoms with Crippen molar-refractivity contribution in [3.05, 3.63) is 41.7 Å². The van der Waals surface area contributed by atoms with Crippen molar-refractivity contribution in [3.8, 4) is 5.75 Å². The first kappa shape index (κ1) is 19.7. The zero-order valence-corrected chi connectivity index (χ0v) is 15.5. The minimum Gasteiger partial charge on any atom is -0.492 e. The third kappa shape index (κ3) is 4.62. The molecule has 148 valence electrons. The summed E-state index contributed by atoms with van der Waals surface area (Å²) in [4.78, 5) is -0.00860. The fourth-order valence-corrected chi connectivity index (χ4v) is 3.93. The van der Waals surface area contributed by atoms with E-state index in [0.717, 1.165) is 18.9 Å². The Morgan fingerprint density at radius 1 is 1.30 bits per heavy atom. The van der Waals surface area contributed by atoms with E-state index in [1.165, 1.54) is 10.7 Å². The van der Waals surface area contributed by atoms with E-state index in [2.05, 4.69) is 9.82 Å². The minimum atomic E-state index is -4.52. The first-order valence-corrected chi connectivity index (χ1v) is 10.1. The Kier molecular flexibility index (Phi) is 5.48. The minimum absolute atomic E-state index is 0.00860. The summed E-state index contributed by atoms with van der Waals surface area (Å²) in [7, 11) is -3.86. The SMILES string of the molecule is CCOc1ccccc1S(=O)(=O)NCCn1nc(C(F)(F)F)cc1C1CC1. The predicted molar refractivity (Wildman–Crippen MR) is 92.0 cm³/mol. The molecular weight excluding hydrogens is 383 g/mol. The molecule has 1 heterocycles. The lowest BCUT2D eigenvalue weighted by Gasteiger charge is -2.12. The number of rotatable bonds is 8. The number of nitrogens with zero attached hydrogens (tertiary/aromatic N) is 2. The van der Waals surface area contributed by atoms with E-state index in [0.29, 0.717) is 12.3 Å². The Balaban J connectivity index is 1.72. The summed E-state index contributed by atoms with van der Waals surface area (Å²) in [5, 5.41) is 3.61. The molecule has 10 heteroatoms. The van der Waals surface area contributed by atoms with Gasteiger partial charge in [-0.25, -0.2) is 13.1 Å². The Hall–Kier alpha value is -2.07. The number of ether oxygens (including phenoxy) is 1. The number of sulfonamides is 1. The second-order valence-corrected chi connectivity index (χ2v) is 7.96. The highest BCUT2D eigenvalue weighted by Gasteiger charge is 2.37. The van der Waals surface area contributed by atoms with Crippen molar-refractivity contribution in [2.24, 2.45) is 0 Å². The first-order valence-electron chi connectivity index (χ1n) is 8.59. The Labute approximate surface area is 155 Å². The molecule has 1 aromatic carbocycles. The summed E-state index contributed by atoms with van der Waals surface area (Å²) >= 11 is 0. The van der Waals surface area contributed by atoms with Crippen LogP contribution in [0.1, 0.15) is 37.1 Å². The highest BCUT2D eigenvalue weighted by atomic mass is 32.2. The number of benzene rings is 1. The van der Waals surface area contributed by atoms with Crippen molar-refractivity contribution in [2.75, 3.05) is 13.2 Å². The number of nitrogens with one attached hydrogen (secondary N) is 1. The molecule has 0 unspecified atom stereocenters. The molecule has 3 rings (SSSR count). The van der Waals surface area contributed by atoms with Crippen molar-refractivity contribution in [3.63, 3.8) is 0 Å². The summed E-state index contributed by atoms with van der Waals surface area (Å²) in [5.74, 6) is 0.286. The molecule has 1 saturated carbocycles.